The molecule has 120 valence electrons. The van der Waals surface area contributed by atoms with Crippen molar-refractivity contribution in [3.63, 3.8) is 0 Å². The van der Waals surface area contributed by atoms with Crippen molar-refractivity contribution in [2.75, 3.05) is 33.2 Å². The minimum absolute atomic E-state index is 0.124. The molecule has 1 fully saturated rings. The third kappa shape index (κ3) is 3.87. The van der Waals surface area contributed by atoms with Gasteiger partial charge in [-0.1, -0.05) is 48.0 Å². The van der Waals surface area contributed by atoms with E-state index in [1.165, 1.54) is 0 Å². The summed E-state index contributed by atoms with van der Waals surface area (Å²) < 4.78 is 0. The Hall–Kier alpha value is -1.97. The predicted octanol–water partition coefficient (Wildman–Crippen LogP) is 2.97. The highest BCUT2D eigenvalue weighted by atomic mass is 16.1. The predicted molar refractivity (Wildman–Crippen MR) is 93.8 cm³/mol. The zero-order chi connectivity index (χ0) is 16.2. The zero-order valence-electron chi connectivity index (χ0n) is 14.0. The van der Waals surface area contributed by atoms with E-state index in [4.69, 9.17) is 0 Å². The number of hydrogen-bond donors (Lipinski definition) is 0. The maximum Gasteiger partial charge on any atom is 0.193 e. The molecule has 2 aromatic carbocycles. The monoisotopic (exact) mass is 308 g/mol. The van der Waals surface area contributed by atoms with Crippen molar-refractivity contribution < 1.29 is 4.79 Å². The summed E-state index contributed by atoms with van der Waals surface area (Å²) in [6.07, 6.45) is 0. The number of carbonyl (C=O) groups is 1. The lowest BCUT2D eigenvalue weighted by atomic mass is 9.97. The third-order valence-electron chi connectivity index (χ3n) is 4.53. The Bertz CT molecular complexity index is 688. The first-order chi connectivity index (χ1) is 11.1. The summed E-state index contributed by atoms with van der Waals surface area (Å²) in [6, 6.07) is 15.9. The molecule has 0 radical (unpaired) electrons. The highest BCUT2D eigenvalue weighted by Crippen LogP contribution is 2.18. The van der Waals surface area contributed by atoms with E-state index < -0.39 is 0 Å². The van der Waals surface area contributed by atoms with Gasteiger partial charge < -0.3 is 4.90 Å². The second-order valence-electron chi connectivity index (χ2n) is 6.44. The van der Waals surface area contributed by atoms with Gasteiger partial charge in [-0.2, -0.15) is 0 Å². The van der Waals surface area contributed by atoms with Gasteiger partial charge in [-0.3, -0.25) is 9.69 Å². The van der Waals surface area contributed by atoms with Gasteiger partial charge in [0.25, 0.3) is 0 Å². The Morgan fingerprint density at radius 3 is 2.48 bits per heavy atom. The van der Waals surface area contributed by atoms with Crippen LogP contribution in [0.25, 0.3) is 0 Å². The molecule has 0 saturated carbocycles. The molecular weight excluding hydrogens is 284 g/mol. The molecule has 3 heteroatoms. The fourth-order valence-corrected chi connectivity index (χ4v) is 3.07. The van der Waals surface area contributed by atoms with E-state index in [0.29, 0.717) is 0 Å². The van der Waals surface area contributed by atoms with E-state index >= 15 is 0 Å². The van der Waals surface area contributed by atoms with Crippen molar-refractivity contribution in [2.45, 2.75) is 13.5 Å². The summed E-state index contributed by atoms with van der Waals surface area (Å²) in [5, 5.41) is 0. The van der Waals surface area contributed by atoms with Crippen molar-refractivity contribution in [2.24, 2.45) is 0 Å². The minimum atomic E-state index is 0.124. The Morgan fingerprint density at radius 1 is 1.00 bits per heavy atom. The molecule has 0 amide bonds. The van der Waals surface area contributed by atoms with E-state index in [-0.39, 0.29) is 5.78 Å². The smallest absolute Gasteiger partial charge is 0.193 e. The molecular formula is C20H24N2O. The van der Waals surface area contributed by atoms with E-state index in [1.54, 1.807) is 0 Å². The van der Waals surface area contributed by atoms with Crippen LogP contribution in [0.3, 0.4) is 0 Å². The van der Waals surface area contributed by atoms with Gasteiger partial charge in [0.2, 0.25) is 0 Å². The van der Waals surface area contributed by atoms with Gasteiger partial charge in [-0.15, -0.1) is 0 Å². The second-order valence-corrected chi connectivity index (χ2v) is 6.44. The van der Waals surface area contributed by atoms with Crippen molar-refractivity contribution in [3.05, 3.63) is 70.8 Å². The molecule has 23 heavy (non-hydrogen) atoms. The fourth-order valence-electron chi connectivity index (χ4n) is 3.07. The maximum absolute atomic E-state index is 12.9. The van der Waals surface area contributed by atoms with Crippen molar-refractivity contribution in [1.29, 1.82) is 0 Å². The summed E-state index contributed by atoms with van der Waals surface area (Å²) in [4.78, 5) is 17.7. The molecule has 0 spiro atoms. The number of ketones is 1. The number of rotatable bonds is 4. The molecule has 0 N–H and O–H groups in total. The van der Waals surface area contributed by atoms with Gasteiger partial charge in [0, 0.05) is 43.9 Å². The Morgan fingerprint density at radius 2 is 1.74 bits per heavy atom. The molecule has 2 aromatic rings. The van der Waals surface area contributed by atoms with Crippen LogP contribution in [0.2, 0.25) is 0 Å². The highest BCUT2D eigenvalue weighted by Gasteiger charge is 2.18. The van der Waals surface area contributed by atoms with Gasteiger partial charge in [0.1, 0.15) is 0 Å². The molecule has 0 unspecified atom stereocenters. The molecule has 0 aliphatic carbocycles. The molecule has 0 aromatic heterocycles. The third-order valence-corrected chi connectivity index (χ3v) is 4.53. The molecule has 1 heterocycles. The molecule has 3 rings (SSSR count). The fraction of sp³-hybridized carbons (Fsp3) is 0.350. The van der Waals surface area contributed by atoms with Gasteiger partial charge >= 0.3 is 0 Å². The Kier molecular flexibility index (Phi) is 4.89. The summed E-state index contributed by atoms with van der Waals surface area (Å²) in [7, 11) is 2.16. The van der Waals surface area contributed by atoms with Gasteiger partial charge in [0.05, 0.1) is 0 Å². The lowest BCUT2D eigenvalue weighted by Gasteiger charge is -2.32. The summed E-state index contributed by atoms with van der Waals surface area (Å²) in [5.41, 5.74) is 3.85. The van der Waals surface area contributed by atoms with E-state index in [9.17, 15) is 4.79 Å². The zero-order valence-corrected chi connectivity index (χ0v) is 14.0. The van der Waals surface area contributed by atoms with E-state index in [0.717, 1.165) is 55.0 Å². The summed E-state index contributed by atoms with van der Waals surface area (Å²) in [5.74, 6) is 0.124. The van der Waals surface area contributed by atoms with E-state index in [2.05, 4.69) is 22.9 Å². The van der Waals surface area contributed by atoms with Crippen LogP contribution in [0.4, 0.5) is 0 Å². The molecule has 0 bridgehead atoms. The SMILES string of the molecule is Cc1cccc(C(=O)c2ccccc2CN2CCN(C)CC2)c1. The summed E-state index contributed by atoms with van der Waals surface area (Å²) in [6.45, 7) is 7.17. The first-order valence-corrected chi connectivity index (χ1v) is 8.23. The number of carbonyl (C=O) groups excluding carboxylic acids is 1. The lowest BCUT2D eigenvalue weighted by Crippen LogP contribution is -2.44. The lowest BCUT2D eigenvalue weighted by molar-refractivity contribution is 0.103. The van der Waals surface area contributed by atoms with Crippen molar-refractivity contribution in [1.82, 2.24) is 9.80 Å². The van der Waals surface area contributed by atoms with Crippen LogP contribution in [0.15, 0.2) is 48.5 Å². The maximum atomic E-state index is 12.9. The number of aryl methyl sites for hydroxylation is 1. The quantitative estimate of drug-likeness (QED) is 0.811. The van der Waals surface area contributed by atoms with Crippen molar-refractivity contribution >= 4 is 5.78 Å². The van der Waals surface area contributed by atoms with Crippen LogP contribution in [0, 0.1) is 6.92 Å². The van der Waals surface area contributed by atoms with Crippen molar-refractivity contribution in [3.8, 4) is 0 Å². The number of likely N-dealkylation sites (N-methyl/N-ethyl adjacent to an activating group) is 1. The van der Waals surface area contributed by atoms with Crippen LogP contribution in [-0.4, -0.2) is 48.8 Å². The van der Waals surface area contributed by atoms with Crippen LogP contribution in [0.5, 0.6) is 0 Å². The number of piperazine rings is 1. The van der Waals surface area contributed by atoms with Gasteiger partial charge in [-0.25, -0.2) is 0 Å². The largest absolute Gasteiger partial charge is 0.304 e. The molecule has 3 nitrogen and oxygen atoms in total. The standard InChI is InChI=1S/C20H24N2O/c1-16-6-5-8-17(14-16)20(23)19-9-4-3-7-18(19)15-22-12-10-21(2)11-13-22/h3-9,14H,10-13,15H2,1-2H3. The van der Waals surface area contributed by atoms with Gasteiger partial charge in [-0.05, 0) is 25.6 Å². The van der Waals surface area contributed by atoms with Crippen LogP contribution >= 0.6 is 0 Å². The van der Waals surface area contributed by atoms with Gasteiger partial charge in [0.15, 0.2) is 5.78 Å². The number of benzene rings is 2. The van der Waals surface area contributed by atoms with Crippen LogP contribution in [0.1, 0.15) is 27.0 Å². The molecule has 1 aliphatic rings. The number of nitrogens with zero attached hydrogens (tertiary/aromatic N) is 2. The molecule has 0 atom stereocenters. The minimum Gasteiger partial charge on any atom is -0.304 e. The Balaban J connectivity index is 1.81. The molecule has 1 saturated heterocycles. The second kappa shape index (κ2) is 7.07. The average molecular weight is 308 g/mol. The normalized spacial score (nSPS) is 16.4. The van der Waals surface area contributed by atoms with Crippen LogP contribution < -0.4 is 0 Å². The first kappa shape index (κ1) is 15.9. The Labute approximate surface area is 138 Å². The average Bonchev–Trinajstić information content (AvgIpc) is 2.57. The number of hydrogen-bond acceptors (Lipinski definition) is 3. The summed E-state index contributed by atoms with van der Waals surface area (Å²) >= 11 is 0. The first-order valence-electron chi connectivity index (χ1n) is 8.23. The topological polar surface area (TPSA) is 23.6 Å². The highest BCUT2D eigenvalue weighted by molar-refractivity contribution is 6.10. The molecule has 1 aliphatic heterocycles. The van der Waals surface area contributed by atoms with Crippen LogP contribution in [-0.2, 0) is 6.54 Å². The van der Waals surface area contributed by atoms with E-state index in [1.807, 2.05) is 49.4 Å².